The summed E-state index contributed by atoms with van der Waals surface area (Å²) in [6, 6.07) is 0. The number of aldehydes is 1. The Balaban J connectivity index is 3.04. The molecule has 0 saturated carbocycles. The third-order valence-electron chi connectivity index (χ3n) is 1.91. The molecule has 1 aliphatic rings. The summed E-state index contributed by atoms with van der Waals surface area (Å²) in [7, 11) is 1.44. The van der Waals surface area contributed by atoms with Crippen LogP contribution in [0.4, 0.5) is 0 Å². The summed E-state index contributed by atoms with van der Waals surface area (Å²) >= 11 is 0. The van der Waals surface area contributed by atoms with E-state index in [1.54, 1.807) is 6.08 Å². The predicted octanol–water partition coefficient (Wildman–Crippen LogP) is 1.18. The van der Waals surface area contributed by atoms with Crippen LogP contribution in [0.1, 0.15) is 6.42 Å². The monoisotopic (exact) mass is 178 g/mol. The Kier molecular flexibility index (Phi) is 2.76. The van der Waals surface area contributed by atoms with Gasteiger partial charge >= 0.3 is 0 Å². The number of terminal acetylenes is 1. The van der Waals surface area contributed by atoms with Gasteiger partial charge in [0.2, 0.25) is 0 Å². The minimum absolute atomic E-state index is 0.107. The molecule has 0 fully saturated rings. The highest BCUT2D eigenvalue weighted by Gasteiger charge is 2.20. The van der Waals surface area contributed by atoms with Crippen molar-refractivity contribution in [2.45, 2.75) is 6.42 Å². The van der Waals surface area contributed by atoms with Crippen LogP contribution in [-0.4, -0.2) is 18.5 Å². The minimum atomic E-state index is -0.175. The smallest absolute Gasteiger partial charge is 0.163 e. The third-order valence-corrected chi connectivity index (χ3v) is 1.91. The molecule has 0 aromatic carbocycles. The van der Waals surface area contributed by atoms with Gasteiger partial charge in [-0.15, -0.1) is 6.42 Å². The van der Waals surface area contributed by atoms with Gasteiger partial charge in [0.05, 0.1) is 12.7 Å². The molecule has 1 unspecified atom stereocenters. The van der Waals surface area contributed by atoms with Gasteiger partial charge in [-0.05, 0) is 0 Å². The predicted molar refractivity (Wildman–Crippen MR) is 47.8 cm³/mol. The molecule has 0 saturated heterocycles. The first kappa shape index (κ1) is 9.40. The molecule has 0 amide bonds. The van der Waals surface area contributed by atoms with Crippen molar-refractivity contribution in [1.82, 2.24) is 0 Å². The fraction of sp³-hybridized carbons (Fsp3) is 0.300. The first-order valence-electron chi connectivity index (χ1n) is 3.82. The summed E-state index contributed by atoms with van der Waals surface area (Å²) in [6.45, 7) is 0. The molecule has 0 aliphatic heterocycles. The molecule has 3 heteroatoms. The molecule has 0 heterocycles. The summed E-state index contributed by atoms with van der Waals surface area (Å²) in [6.07, 6.45) is 7.78. The lowest BCUT2D eigenvalue weighted by atomic mass is 9.95. The van der Waals surface area contributed by atoms with Crippen molar-refractivity contribution in [2.75, 3.05) is 7.11 Å². The van der Waals surface area contributed by atoms with Gasteiger partial charge in [0, 0.05) is 12.3 Å². The highest BCUT2D eigenvalue weighted by molar-refractivity contribution is 5.80. The van der Waals surface area contributed by atoms with Crippen molar-refractivity contribution >= 4 is 6.29 Å². The van der Waals surface area contributed by atoms with Crippen molar-refractivity contribution in [3.63, 3.8) is 0 Å². The Labute approximate surface area is 76.7 Å². The second kappa shape index (κ2) is 3.81. The number of methoxy groups -OCH3 is 1. The van der Waals surface area contributed by atoms with Gasteiger partial charge in [0.1, 0.15) is 5.76 Å². The van der Waals surface area contributed by atoms with E-state index in [1.165, 1.54) is 7.11 Å². The molecule has 0 bridgehead atoms. The zero-order valence-corrected chi connectivity index (χ0v) is 7.28. The van der Waals surface area contributed by atoms with Crippen molar-refractivity contribution < 1.29 is 14.6 Å². The zero-order chi connectivity index (χ0) is 9.84. The van der Waals surface area contributed by atoms with Crippen LogP contribution in [0, 0.1) is 18.3 Å². The van der Waals surface area contributed by atoms with Crippen LogP contribution in [0.25, 0.3) is 0 Å². The number of hydrogen-bond acceptors (Lipinski definition) is 3. The molecule has 0 radical (unpaired) electrons. The Morgan fingerprint density at radius 1 is 1.85 bits per heavy atom. The molecule has 0 aromatic heterocycles. The van der Waals surface area contributed by atoms with E-state index in [2.05, 4.69) is 5.92 Å². The normalized spacial score (nSPS) is 21.8. The molecule has 0 spiro atoms. The van der Waals surface area contributed by atoms with E-state index < -0.39 is 0 Å². The number of ether oxygens (including phenoxy) is 1. The van der Waals surface area contributed by atoms with Crippen LogP contribution in [0.3, 0.4) is 0 Å². The first-order chi connectivity index (χ1) is 6.22. The van der Waals surface area contributed by atoms with E-state index >= 15 is 0 Å². The summed E-state index contributed by atoms with van der Waals surface area (Å²) in [4.78, 5) is 10.5. The van der Waals surface area contributed by atoms with Crippen LogP contribution in [0.2, 0.25) is 0 Å². The Morgan fingerprint density at radius 3 is 3.00 bits per heavy atom. The van der Waals surface area contributed by atoms with Gasteiger partial charge in [-0.3, -0.25) is 4.79 Å². The average Bonchev–Trinajstić information content (AvgIpc) is 2.18. The fourth-order valence-electron chi connectivity index (χ4n) is 1.19. The van der Waals surface area contributed by atoms with Crippen LogP contribution in [0.5, 0.6) is 0 Å². The lowest BCUT2D eigenvalue weighted by molar-refractivity contribution is -0.105. The van der Waals surface area contributed by atoms with Crippen LogP contribution < -0.4 is 0 Å². The molecular weight excluding hydrogens is 168 g/mol. The summed E-state index contributed by atoms with van der Waals surface area (Å²) in [5.41, 5.74) is 0.200. The van der Waals surface area contributed by atoms with Gasteiger partial charge in [-0.2, -0.15) is 0 Å². The molecular formula is C10H10O3. The Morgan fingerprint density at radius 2 is 2.54 bits per heavy atom. The zero-order valence-electron chi connectivity index (χ0n) is 7.28. The van der Waals surface area contributed by atoms with Crippen molar-refractivity contribution in [1.29, 1.82) is 0 Å². The van der Waals surface area contributed by atoms with Gasteiger partial charge < -0.3 is 9.84 Å². The van der Waals surface area contributed by atoms with Crippen LogP contribution >= 0.6 is 0 Å². The number of carbonyl (C=O) groups excluding carboxylic acids is 1. The number of carbonyl (C=O) groups is 1. The van der Waals surface area contributed by atoms with E-state index in [-0.39, 0.29) is 17.3 Å². The van der Waals surface area contributed by atoms with E-state index in [0.29, 0.717) is 18.5 Å². The van der Waals surface area contributed by atoms with Gasteiger partial charge in [0.25, 0.3) is 0 Å². The number of aliphatic hydroxyl groups is 1. The third kappa shape index (κ3) is 1.73. The van der Waals surface area contributed by atoms with E-state index in [0.717, 1.165) is 0 Å². The Hall–Kier alpha value is -1.69. The summed E-state index contributed by atoms with van der Waals surface area (Å²) in [5, 5.41) is 9.43. The average molecular weight is 178 g/mol. The molecule has 1 aliphatic carbocycles. The Bertz CT molecular complexity index is 318. The largest absolute Gasteiger partial charge is 0.504 e. The lowest BCUT2D eigenvalue weighted by Crippen LogP contribution is -2.10. The maximum atomic E-state index is 10.5. The molecule has 0 aromatic rings. The minimum Gasteiger partial charge on any atom is -0.504 e. The van der Waals surface area contributed by atoms with E-state index in [1.807, 2.05) is 0 Å². The standard InChI is InChI=1S/C10H10O3/c1-3-7-4-8(6-11)10(12)9(5-7)13-2/h1,4,6-7,12H,5H2,2H3. The topological polar surface area (TPSA) is 46.5 Å². The number of rotatable bonds is 2. The van der Waals surface area contributed by atoms with Gasteiger partial charge in [-0.25, -0.2) is 0 Å². The second-order valence-electron chi connectivity index (χ2n) is 2.69. The maximum Gasteiger partial charge on any atom is 0.163 e. The van der Waals surface area contributed by atoms with Crippen molar-refractivity contribution in [3.8, 4) is 12.3 Å². The molecule has 1 atom stereocenters. The van der Waals surface area contributed by atoms with Crippen molar-refractivity contribution in [2.24, 2.45) is 5.92 Å². The van der Waals surface area contributed by atoms with E-state index in [4.69, 9.17) is 11.2 Å². The first-order valence-corrected chi connectivity index (χ1v) is 3.82. The highest BCUT2D eigenvalue weighted by Crippen LogP contribution is 2.26. The van der Waals surface area contributed by atoms with Crippen molar-refractivity contribution in [3.05, 3.63) is 23.2 Å². The SMILES string of the molecule is C#CC1C=C(C=O)C(O)=C(OC)C1. The quantitative estimate of drug-likeness (QED) is 0.510. The molecule has 13 heavy (non-hydrogen) atoms. The second-order valence-corrected chi connectivity index (χ2v) is 2.69. The number of aliphatic hydroxyl groups excluding tert-OH is 1. The van der Waals surface area contributed by atoms with Gasteiger partial charge in [0.15, 0.2) is 12.0 Å². The number of allylic oxidation sites excluding steroid dienone is 3. The molecule has 68 valence electrons. The number of hydrogen-bond donors (Lipinski definition) is 1. The maximum absolute atomic E-state index is 10.5. The van der Waals surface area contributed by atoms with Gasteiger partial charge in [-0.1, -0.05) is 12.0 Å². The molecule has 1 rings (SSSR count). The van der Waals surface area contributed by atoms with Crippen LogP contribution in [-0.2, 0) is 9.53 Å². The van der Waals surface area contributed by atoms with Crippen LogP contribution in [0.15, 0.2) is 23.2 Å². The fourth-order valence-corrected chi connectivity index (χ4v) is 1.19. The summed E-state index contributed by atoms with van der Waals surface area (Å²) in [5.74, 6) is 2.58. The van der Waals surface area contributed by atoms with E-state index in [9.17, 15) is 9.90 Å². The molecule has 1 N–H and O–H groups in total. The highest BCUT2D eigenvalue weighted by atomic mass is 16.5. The molecule has 3 nitrogen and oxygen atoms in total. The lowest BCUT2D eigenvalue weighted by Gasteiger charge is -2.17. The summed E-state index contributed by atoms with van der Waals surface area (Å²) < 4.78 is 4.90.